The highest BCUT2D eigenvalue weighted by Crippen LogP contribution is 2.25. The van der Waals surface area contributed by atoms with Gasteiger partial charge in [-0.2, -0.15) is 0 Å². The Morgan fingerprint density at radius 2 is 2.21 bits per heavy atom. The SMILES string of the molecule is Cl.Cl.NCC1CCCC1NC(=O)Cc1csc(-c2cccnc2)n1. The van der Waals surface area contributed by atoms with Gasteiger partial charge in [0, 0.05) is 29.4 Å². The molecule has 1 saturated carbocycles. The van der Waals surface area contributed by atoms with E-state index >= 15 is 0 Å². The van der Waals surface area contributed by atoms with Gasteiger partial charge < -0.3 is 11.1 Å². The first kappa shape index (κ1) is 20.8. The van der Waals surface area contributed by atoms with Gasteiger partial charge in [-0.25, -0.2) is 4.98 Å². The van der Waals surface area contributed by atoms with Crippen LogP contribution in [0.25, 0.3) is 10.6 Å². The number of hydrogen-bond acceptors (Lipinski definition) is 5. The van der Waals surface area contributed by atoms with Gasteiger partial charge in [0.05, 0.1) is 12.1 Å². The van der Waals surface area contributed by atoms with Crippen molar-refractivity contribution in [2.24, 2.45) is 11.7 Å². The zero-order chi connectivity index (χ0) is 15.4. The summed E-state index contributed by atoms with van der Waals surface area (Å²) in [7, 11) is 0. The largest absolute Gasteiger partial charge is 0.353 e. The molecule has 0 saturated heterocycles. The minimum atomic E-state index is 0. The van der Waals surface area contributed by atoms with E-state index in [-0.39, 0.29) is 36.8 Å². The lowest BCUT2D eigenvalue weighted by molar-refractivity contribution is -0.121. The molecule has 1 fully saturated rings. The first-order valence-electron chi connectivity index (χ1n) is 7.60. The first-order valence-corrected chi connectivity index (χ1v) is 8.48. The van der Waals surface area contributed by atoms with Crippen molar-refractivity contribution in [1.82, 2.24) is 15.3 Å². The average Bonchev–Trinajstić information content (AvgIpc) is 3.17. The summed E-state index contributed by atoms with van der Waals surface area (Å²) >= 11 is 1.54. The highest BCUT2D eigenvalue weighted by molar-refractivity contribution is 7.13. The van der Waals surface area contributed by atoms with E-state index in [0.29, 0.717) is 18.9 Å². The van der Waals surface area contributed by atoms with Crippen LogP contribution in [-0.2, 0) is 11.2 Å². The molecule has 3 N–H and O–H groups in total. The van der Waals surface area contributed by atoms with Crippen LogP contribution in [0.3, 0.4) is 0 Å². The summed E-state index contributed by atoms with van der Waals surface area (Å²) in [6, 6.07) is 4.09. The normalized spacial score (nSPS) is 19.2. The Labute approximate surface area is 158 Å². The lowest BCUT2D eigenvalue weighted by Gasteiger charge is -2.19. The van der Waals surface area contributed by atoms with E-state index in [4.69, 9.17) is 5.73 Å². The molecule has 0 bridgehead atoms. The number of nitrogens with zero attached hydrogens (tertiary/aromatic N) is 2. The van der Waals surface area contributed by atoms with Crippen LogP contribution in [0.4, 0.5) is 0 Å². The molecule has 2 heterocycles. The van der Waals surface area contributed by atoms with Gasteiger partial charge in [0.15, 0.2) is 0 Å². The number of halogens is 2. The van der Waals surface area contributed by atoms with Crippen LogP contribution >= 0.6 is 36.2 Å². The quantitative estimate of drug-likeness (QED) is 0.824. The molecule has 2 unspecified atom stereocenters. The van der Waals surface area contributed by atoms with Crippen molar-refractivity contribution in [2.45, 2.75) is 31.7 Å². The predicted octanol–water partition coefficient (Wildman–Crippen LogP) is 2.83. The monoisotopic (exact) mass is 388 g/mol. The Morgan fingerprint density at radius 3 is 2.92 bits per heavy atom. The number of carbonyl (C=O) groups is 1. The van der Waals surface area contributed by atoms with E-state index in [2.05, 4.69) is 15.3 Å². The molecule has 0 radical (unpaired) electrons. The van der Waals surface area contributed by atoms with Gasteiger partial charge in [0.25, 0.3) is 0 Å². The van der Waals surface area contributed by atoms with E-state index in [1.165, 1.54) is 0 Å². The summed E-state index contributed by atoms with van der Waals surface area (Å²) in [6.45, 7) is 0.646. The van der Waals surface area contributed by atoms with E-state index in [1.807, 2.05) is 17.5 Å². The van der Waals surface area contributed by atoms with Crippen molar-refractivity contribution in [1.29, 1.82) is 0 Å². The zero-order valence-corrected chi connectivity index (χ0v) is 15.6. The fourth-order valence-corrected chi connectivity index (χ4v) is 3.75. The number of rotatable bonds is 5. The molecule has 3 rings (SSSR count). The number of carbonyl (C=O) groups excluding carboxylic acids is 1. The Hall–Kier alpha value is -1.21. The lowest BCUT2D eigenvalue weighted by Crippen LogP contribution is -2.40. The second-order valence-corrected chi connectivity index (χ2v) is 6.52. The molecule has 132 valence electrons. The van der Waals surface area contributed by atoms with Gasteiger partial charge in [-0.3, -0.25) is 9.78 Å². The summed E-state index contributed by atoms with van der Waals surface area (Å²) in [5.41, 5.74) is 7.55. The van der Waals surface area contributed by atoms with E-state index in [0.717, 1.165) is 35.5 Å². The minimum Gasteiger partial charge on any atom is -0.353 e. The fourth-order valence-electron chi connectivity index (χ4n) is 2.94. The van der Waals surface area contributed by atoms with Crippen molar-refractivity contribution in [2.75, 3.05) is 6.54 Å². The Kier molecular flexibility index (Phi) is 8.62. The number of thiazole rings is 1. The maximum atomic E-state index is 12.2. The van der Waals surface area contributed by atoms with E-state index < -0.39 is 0 Å². The summed E-state index contributed by atoms with van der Waals surface area (Å²) in [4.78, 5) is 20.8. The van der Waals surface area contributed by atoms with Crippen LogP contribution in [0.5, 0.6) is 0 Å². The third-order valence-electron chi connectivity index (χ3n) is 4.11. The van der Waals surface area contributed by atoms with Crippen LogP contribution in [-0.4, -0.2) is 28.5 Å². The summed E-state index contributed by atoms with van der Waals surface area (Å²) in [5.74, 6) is 0.457. The molecule has 2 aromatic heterocycles. The Morgan fingerprint density at radius 1 is 1.38 bits per heavy atom. The third-order valence-corrected chi connectivity index (χ3v) is 5.05. The highest BCUT2D eigenvalue weighted by Gasteiger charge is 2.27. The molecular weight excluding hydrogens is 367 g/mol. The van der Waals surface area contributed by atoms with Crippen LogP contribution in [0, 0.1) is 5.92 Å². The van der Waals surface area contributed by atoms with Crippen LogP contribution < -0.4 is 11.1 Å². The third kappa shape index (κ3) is 5.14. The molecule has 0 aromatic carbocycles. The van der Waals surface area contributed by atoms with E-state index in [1.54, 1.807) is 23.7 Å². The second-order valence-electron chi connectivity index (χ2n) is 5.66. The second kappa shape index (κ2) is 9.93. The van der Waals surface area contributed by atoms with Crippen molar-refractivity contribution < 1.29 is 4.79 Å². The highest BCUT2D eigenvalue weighted by atomic mass is 35.5. The zero-order valence-electron chi connectivity index (χ0n) is 13.2. The van der Waals surface area contributed by atoms with Gasteiger partial charge in [-0.05, 0) is 37.4 Å². The first-order chi connectivity index (χ1) is 10.8. The standard InChI is InChI=1S/C16H20N4OS.2ClH/c17-8-11-3-1-5-14(11)20-15(21)7-13-10-22-16(19-13)12-4-2-6-18-9-12;;/h2,4,6,9-11,14H,1,3,5,7-8,17H2,(H,20,21);2*1H. The fraction of sp³-hybridized carbons (Fsp3) is 0.438. The molecule has 2 atom stereocenters. The average molecular weight is 389 g/mol. The summed E-state index contributed by atoms with van der Waals surface area (Å²) in [5, 5.41) is 5.95. The molecule has 0 spiro atoms. The molecule has 1 amide bonds. The molecule has 1 aliphatic rings. The topological polar surface area (TPSA) is 80.9 Å². The van der Waals surface area contributed by atoms with Gasteiger partial charge in [-0.1, -0.05) is 6.42 Å². The predicted molar refractivity (Wildman–Crippen MR) is 102 cm³/mol. The number of hydrogen-bond donors (Lipinski definition) is 2. The summed E-state index contributed by atoms with van der Waals surface area (Å²) < 4.78 is 0. The maximum Gasteiger partial charge on any atom is 0.226 e. The number of aromatic nitrogens is 2. The van der Waals surface area contributed by atoms with Gasteiger partial charge in [-0.15, -0.1) is 36.2 Å². The molecule has 8 heteroatoms. The van der Waals surface area contributed by atoms with E-state index in [9.17, 15) is 4.79 Å². The van der Waals surface area contributed by atoms with Crippen LogP contribution in [0.15, 0.2) is 29.9 Å². The number of nitrogens with two attached hydrogens (primary N) is 1. The van der Waals surface area contributed by atoms with Crippen molar-refractivity contribution in [3.8, 4) is 10.6 Å². The molecule has 24 heavy (non-hydrogen) atoms. The number of pyridine rings is 1. The number of nitrogens with one attached hydrogen (secondary N) is 1. The van der Waals surface area contributed by atoms with Crippen molar-refractivity contribution in [3.05, 3.63) is 35.6 Å². The molecule has 0 aliphatic heterocycles. The van der Waals surface area contributed by atoms with Gasteiger partial charge >= 0.3 is 0 Å². The molecule has 2 aromatic rings. The Balaban J connectivity index is 0.00000144. The van der Waals surface area contributed by atoms with Crippen LogP contribution in [0.2, 0.25) is 0 Å². The van der Waals surface area contributed by atoms with Gasteiger partial charge in [0.2, 0.25) is 5.91 Å². The smallest absolute Gasteiger partial charge is 0.226 e. The molecule has 1 aliphatic carbocycles. The number of amides is 1. The molecule has 5 nitrogen and oxygen atoms in total. The van der Waals surface area contributed by atoms with Crippen LogP contribution in [0.1, 0.15) is 25.0 Å². The maximum absolute atomic E-state index is 12.2. The summed E-state index contributed by atoms with van der Waals surface area (Å²) in [6.07, 6.45) is 7.14. The molecular formula is C16H22Cl2N4OS. The lowest BCUT2D eigenvalue weighted by atomic mass is 10.0. The van der Waals surface area contributed by atoms with Crippen molar-refractivity contribution >= 4 is 42.1 Å². The van der Waals surface area contributed by atoms with Crippen molar-refractivity contribution in [3.63, 3.8) is 0 Å². The van der Waals surface area contributed by atoms with Gasteiger partial charge in [0.1, 0.15) is 5.01 Å². The Bertz CT molecular complexity index is 638. The minimum absolute atomic E-state index is 0.